The molecule has 1 aliphatic heterocycles. The van der Waals surface area contributed by atoms with Crippen LogP contribution in [-0.4, -0.2) is 38.6 Å². The van der Waals surface area contributed by atoms with Crippen molar-refractivity contribution in [1.82, 2.24) is 14.5 Å². The molecule has 1 aromatic heterocycles. The predicted octanol–water partition coefficient (Wildman–Crippen LogP) is 4.52. The van der Waals surface area contributed by atoms with Crippen molar-refractivity contribution in [3.05, 3.63) is 53.1 Å². The predicted molar refractivity (Wildman–Crippen MR) is 116 cm³/mol. The molecule has 1 saturated heterocycles. The highest BCUT2D eigenvalue weighted by atomic mass is 16.4. The Kier molecular flexibility index (Phi) is 6.78. The maximum absolute atomic E-state index is 11.5. The Morgan fingerprint density at radius 3 is 2.62 bits per heavy atom. The molecule has 1 aliphatic rings. The summed E-state index contributed by atoms with van der Waals surface area (Å²) in [5.41, 5.74) is 2.76. The second kappa shape index (κ2) is 9.12. The van der Waals surface area contributed by atoms with Crippen LogP contribution in [0.3, 0.4) is 0 Å². The molecular weight excluding hydrogens is 362 g/mol. The number of carboxylic acid groups (broad SMARTS) is 1. The highest BCUT2D eigenvalue weighted by molar-refractivity contribution is 5.74. The number of likely N-dealkylation sites (tertiary alicyclic amines) is 1. The summed E-state index contributed by atoms with van der Waals surface area (Å²) < 4.78 is 2.24. The first-order chi connectivity index (χ1) is 13.8. The van der Waals surface area contributed by atoms with Crippen LogP contribution in [0.4, 0.5) is 0 Å². The van der Waals surface area contributed by atoms with Crippen molar-refractivity contribution in [2.45, 2.75) is 66.5 Å². The fourth-order valence-electron chi connectivity index (χ4n) is 4.16. The summed E-state index contributed by atoms with van der Waals surface area (Å²) in [6.45, 7) is 12.0. The number of carboxylic acids is 1. The first-order valence-electron chi connectivity index (χ1n) is 10.8. The van der Waals surface area contributed by atoms with Crippen molar-refractivity contribution in [2.24, 2.45) is 11.3 Å². The van der Waals surface area contributed by atoms with Gasteiger partial charge in [0.1, 0.15) is 5.82 Å². The molecule has 1 fully saturated rings. The normalized spacial score (nSPS) is 16.3. The van der Waals surface area contributed by atoms with Gasteiger partial charge in [-0.3, -0.25) is 9.69 Å². The third kappa shape index (κ3) is 5.47. The maximum Gasteiger partial charge on any atom is 0.309 e. The number of imidazole rings is 1. The molecule has 0 atom stereocenters. The number of nitrogens with zero attached hydrogens (tertiary/aromatic N) is 3. The van der Waals surface area contributed by atoms with Gasteiger partial charge in [-0.05, 0) is 75.7 Å². The van der Waals surface area contributed by atoms with Gasteiger partial charge in [-0.15, -0.1) is 0 Å². The van der Waals surface area contributed by atoms with Crippen LogP contribution >= 0.6 is 0 Å². The largest absolute Gasteiger partial charge is 0.481 e. The van der Waals surface area contributed by atoms with E-state index >= 15 is 0 Å². The van der Waals surface area contributed by atoms with Crippen molar-refractivity contribution in [3.63, 3.8) is 0 Å². The van der Waals surface area contributed by atoms with Gasteiger partial charge in [-0.1, -0.05) is 31.5 Å². The molecule has 29 heavy (non-hydrogen) atoms. The Morgan fingerprint density at radius 2 is 1.97 bits per heavy atom. The molecule has 0 aliphatic carbocycles. The van der Waals surface area contributed by atoms with Crippen molar-refractivity contribution in [1.29, 1.82) is 0 Å². The van der Waals surface area contributed by atoms with Crippen molar-refractivity contribution in [3.8, 4) is 0 Å². The fourth-order valence-corrected chi connectivity index (χ4v) is 4.16. The molecule has 0 saturated carbocycles. The van der Waals surface area contributed by atoms with E-state index in [0.717, 1.165) is 43.5 Å². The number of rotatable bonds is 8. The molecule has 1 aromatic carbocycles. The Balaban J connectivity index is 1.70. The highest BCUT2D eigenvalue weighted by Gasteiger charge is 2.27. The minimum Gasteiger partial charge on any atom is -0.481 e. The summed E-state index contributed by atoms with van der Waals surface area (Å²) in [4.78, 5) is 18.6. The van der Waals surface area contributed by atoms with Crippen molar-refractivity contribution in [2.75, 3.05) is 13.1 Å². The summed E-state index contributed by atoms with van der Waals surface area (Å²) >= 11 is 0. The zero-order valence-corrected chi connectivity index (χ0v) is 18.3. The molecule has 0 radical (unpaired) electrons. The molecule has 0 unspecified atom stereocenters. The monoisotopic (exact) mass is 397 g/mol. The molecule has 158 valence electrons. The van der Waals surface area contributed by atoms with Crippen LogP contribution in [0.5, 0.6) is 0 Å². The minimum atomic E-state index is -0.767. The summed E-state index contributed by atoms with van der Waals surface area (Å²) in [5, 5.41) is 9.44. The number of aromatic nitrogens is 2. The smallest absolute Gasteiger partial charge is 0.309 e. The Labute approximate surface area is 174 Å². The first-order valence-corrected chi connectivity index (χ1v) is 10.8. The van der Waals surface area contributed by atoms with Gasteiger partial charge in [-0.25, -0.2) is 4.98 Å². The fraction of sp³-hybridized carbons (Fsp3) is 0.583. The Bertz CT molecular complexity index is 832. The quantitative estimate of drug-likeness (QED) is 0.712. The minimum absolute atomic E-state index is 0.527. The Morgan fingerprint density at radius 1 is 1.24 bits per heavy atom. The average Bonchev–Trinajstić information content (AvgIpc) is 3.11. The molecule has 5 heteroatoms. The van der Waals surface area contributed by atoms with Crippen LogP contribution in [0.15, 0.2) is 30.6 Å². The first kappa shape index (κ1) is 21.6. The lowest BCUT2D eigenvalue weighted by molar-refractivity contribution is -0.146. The number of aliphatic carboxylic acids is 1. The third-order valence-electron chi connectivity index (χ3n) is 6.43. The number of benzene rings is 1. The standard InChI is InChI=1S/C24H35N3O2/c1-5-19-8-11-26(12-9-19)17-22-25-10-13-27(22)16-21-14-20(7-6-18(21)2)15-24(3,4)23(28)29/h6-7,10,13-14,19H,5,8-9,11-12,15-17H2,1-4H3,(H,28,29). The molecule has 3 rings (SSSR count). The second-order valence-electron chi connectivity index (χ2n) is 9.23. The molecule has 5 nitrogen and oxygen atoms in total. The maximum atomic E-state index is 11.5. The number of aryl methyl sites for hydroxylation is 1. The van der Waals surface area contributed by atoms with Crippen LogP contribution in [0, 0.1) is 18.3 Å². The van der Waals surface area contributed by atoms with E-state index in [0.29, 0.717) is 6.42 Å². The van der Waals surface area contributed by atoms with E-state index in [1.165, 1.54) is 30.4 Å². The van der Waals surface area contributed by atoms with E-state index in [1.807, 2.05) is 6.20 Å². The third-order valence-corrected chi connectivity index (χ3v) is 6.43. The molecule has 0 bridgehead atoms. The lowest BCUT2D eigenvalue weighted by atomic mass is 9.85. The summed E-state index contributed by atoms with van der Waals surface area (Å²) in [7, 11) is 0. The summed E-state index contributed by atoms with van der Waals surface area (Å²) in [5.74, 6) is 1.23. The van der Waals surface area contributed by atoms with Crippen LogP contribution in [0.1, 0.15) is 62.5 Å². The zero-order valence-electron chi connectivity index (χ0n) is 18.3. The van der Waals surface area contributed by atoms with Gasteiger partial charge in [0.15, 0.2) is 0 Å². The summed E-state index contributed by atoms with van der Waals surface area (Å²) in [6, 6.07) is 6.32. The van der Waals surface area contributed by atoms with Gasteiger partial charge in [0.2, 0.25) is 0 Å². The molecular formula is C24H35N3O2. The topological polar surface area (TPSA) is 58.4 Å². The second-order valence-corrected chi connectivity index (χ2v) is 9.23. The van der Waals surface area contributed by atoms with Gasteiger partial charge < -0.3 is 9.67 Å². The molecule has 2 aromatic rings. The van der Waals surface area contributed by atoms with Gasteiger partial charge in [0, 0.05) is 18.9 Å². The zero-order chi connectivity index (χ0) is 21.0. The van der Waals surface area contributed by atoms with E-state index in [1.54, 1.807) is 13.8 Å². The lowest BCUT2D eigenvalue weighted by Crippen LogP contribution is -2.34. The van der Waals surface area contributed by atoms with Crippen LogP contribution in [0.2, 0.25) is 0 Å². The number of piperidine rings is 1. The van der Waals surface area contributed by atoms with Gasteiger partial charge in [0.25, 0.3) is 0 Å². The van der Waals surface area contributed by atoms with Crippen molar-refractivity contribution >= 4 is 5.97 Å². The van der Waals surface area contributed by atoms with E-state index < -0.39 is 11.4 Å². The lowest BCUT2D eigenvalue weighted by Gasteiger charge is -2.31. The van der Waals surface area contributed by atoms with Crippen LogP contribution < -0.4 is 0 Å². The summed E-state index contributed by atoms with van der Waals surface area (Å²) in [6.07, 6.45) is 8.34. The molecule has 2 heterocycles. The molecule has 1 N–H and O–H groups in total. The molecule has 0 amide bonds. The van der Waals surface area contributed by atoms with Crippen LogP contribution in [0.25, 0.3) is 0 Å². The number of hydrogen-bond donors (Lipinski definition) is 1. The average molecular weight is 398 g/mol. The van der Waals surface area contributed by atoms with Gasteiger partial charge in [0.05, 0.1) is 12.0 Å². The Hall–Kier alpha value is -2.14. The molecule has 0 spiro atoms. The number of hydrogen-bond acceptors (Lipinski definition) is 3. The number of carbonyl (C=O) groups is 1. The van der Waals surface area contributed by atoms with E-state index in [9.17, 15) is 9.90 Å². The van der Waals surface area contributed by atoms with Gasteiger partial charge >= 0.3 is 5.97 Å². The van der Waals surface area contributed by atoms with E-state index in [2.05, 4.69) is 52.7 Å². The van der Waals surface area contributed by atoms with E-state index in [4.69, 9.17) is 0 Å². The van der Waals surface area contributed by atoms with E-state index in [-0.39, 0.29) is 0 Å². The SMILES string of the molecule is CCC1CCN(Cc2nccn2Cc2cc(CC(C)(C)C(=O)O)ccc2C)CC1. The van der Waals surface area contributed by atoms with Crippen molar-refractivity contribution < 1.29 is 9.90 Å². The van der Waals surface area contributed by atoms with Crippen LogP contribution in [-0.2, 0) is 24.3 Å². The van der Waals surface area contributed by atoms with Gasteiger partial charge in [-0.2, -0.15) is 0 Å². The highest BCUT2D eigenvalue weighted by Crippen LogP contribution is 2.25.